The van der Waals surface area contributed by atoms with Crippen LogP contribution < -0.4 is 14.9 Å². The summed E-state index contributed by atoms with van der Waals surface area (Å²) in [6.45, 7) is 6.64. The van der Waals surface area contributed by atoms with Gasteiger partial charge in [-0.3, -0.25) is 0 Å². The van der Waals surface area contributed by atoms with Crippen LogP contribution in [-0.2, 0) is 17.1 Å². The largest absolute Gasteiger partial charge is 0.369 e. The van der Waals surface area contributed by atoms with Gasteiger partial charge in [0.05, 0.1) is 0 Å². The number of hydrogen-bond acceptors (Lipinski definition) is 7. The quantitative estimate of drug-likeness (QED) is 0.652. The van der Waals surface area contributed by atoms with Crippen LogP contribution in [0.4, 0.5) is 11.6 Å². The van der Waals surface area contributed by atoms with Gasteiger partial charge in [-0.1, -0.05) is 13.8 Å². The fourth-order valence-corrected chi connectivity index (χ4v) is 4.16. The highest BCUT2D eigenvalue weighted by Gasteiger charge is 2.20. The van der Waals surface area contributed by atoms with Gasteiger partial charge in [-0.25, -0.2) is 28.1 Å². The molecule has 0 amide bonds. The lowest BCUT2D eigenvalue weighted by atomic mass is 10.2. The van der Waals surface area contributed by atoms with E-state index in [2.05, 4.69) is 29.9 Å². The summed E-state index contributed by atoms with van der Waals surface area (Å²) in [5.74, 6) is 2.48. The van der Waals surface area contributed by atoms with Crippen molar-refractivity contribution in [1.29, 1.82) is 0 Å². The second kappa shape index (κ2) is 8.22. The third kappa shape index (κ3) is 4.75. The summed E-state index contributed by atoms with van der Waals surface area (Å²) in [4.78, 5) is 15.0. The maximum absolute atomic E-state index is 12.4. The number of imidazole rings is 1. The van der Waals surface area contributed by atoms with Gasteiger partial charge in [0.2, 0.25) is 0 Å². The Hall–Kier alpha value is -2.20. The Bertz CT molecular complexity index is 873. The molecule has 2 aromatic heterocycles. The summed E-state index contributed by atoms with van der Waals surface area (Å²) >= 11 is 0. The van der Waals surface area contributed by atoms with E-state index < -0.39 is 10.0 Å². The molecular weight excluding hydrogens is 366 g/mol. The van der Waals surface area contributed by atoms with Crippen molar-refractivity contribution < 1.29 is 8.42 Å². The molecule has 0 radical (unpaired) electrons. The highest BCUT2D eigenvalue weighted by molar-refractivity contribution is 7.89. The molecule has 27 heavy (non-hydrogen) atoms. The Kier molecular flexibility index (Phi) is 5.95. The number of sulfonamides is 1. The maximum atomic E-state index is 12.4. The molecule has 0 saturated carbocycles. The van der Waals surface area contributed by atoms with Crippen LogP contribution in [0.3, 0.4) is 0 Å². The van der Waals surface area contributed by atoms with Gasteiger partial charge in [0, 0.05) is 51.4 Å². The molecule has 3 heterocycles. The van der Waals surface area contributed by atoms with Crippen molar-refractivity contribution in [2.24, 2.45) is 7.05 Å². The minimum absolute atomic E-state index is 0.0482. The fourth-order valence-electron chi connectivity index (χ4n) is 3.13. The van der Waals surface area contributed by atoms with Crippen LogP contribution in [0.1, 0.15) is 38.4 Å². The van der Waals surface area contributed by atoms with Crippen molar-refractivity contribution >= 4 is 21.7 Å². The minimum Gasteiger partial charge on any atom is -0.369 e. The lowest BCUT2D eigenvalue weighted by Gasteiger charge is -2.16. The molecule has 3 rings (SSSR count). The topological polar surface area (TPSA) is 105 Å². The van der Waals surface area contributed by atoms with Crippen molar-refractivity contribution in [3.8, 4) is 0 Å². The monoisotopic (exact) mass is 393 g/mol. The molecule has 1 fully saturated rings. The molecule has 10 heteroatoms. The molecule has 1 aliphatic rings. The summed E-state index contributed by atoms with van der Waals surface area (Å²) < 4.78 is 29.1. The first kappa shape index (κ1) is 19.6. The third-order valence-corrected chi connectivity index (χ3v) is 5.82. The standard InChI is InChI=1S/C17H27N7O2S/c1-13(2)17-22-16(11-23(17)3)27(25,26)21-7-6-18-14-10-15(20-12-19-14)24-8-4-5-9-24/h10-13,21H,4-9H2,1-3H3,(H,18,19,20). The molecule has 0 atom stereocenters. The number of rotatable bonds is 8. The molecule has 0 aromatic carbocycles. The lowest BCUT2D eigenvalue weighted by Crippen LogP contribution is -2.29. The van der Waals surface area contributed by atoms with Crippen LogP contribution in [0.25, 0.3) is 0 Å². The van der Waals surface area contributed by atoms with Crippen LogP contribution in [-0.4, -0.2) is 54.1 Å². The van der Waals surface area contributed by atoms with E-state index in [9.17, 15) is 8.42 Å². The van der Waals surface area contributed by atoms with Crippen LogP contribution in [0.2, 0.25) is 0 Å². The Morgan fingerprint density at radius 1 is 1.19 bits per heavy atom. The van der Waals surface area contributed by atoms with Crippen molar-refractivity contribution in [2.75, 3.05) is 36.4 Å². The first-order valence-corrected chi connectivity index (χ1v) is 10.7. The fraction of sp³-hybridized carbons (Fsp3) is 0.588. The third-order valence-electron chi connectivity index (χ3n) is 4.49. The van der Waals surface area contributed by atoms with Crippen molar-refractivity contribution in [2.45, 2.75) is 37.6 Å². The molecule has 148 valence electrons. The van der Waals surface area contributed by atoms with Gasteiger partial charge in [0.25, 0.3) is 10.0 Å². The second-order valence-electron chi connectivity index (χ2n) is 6.98. The first-order valence-electron chi connectivity index (χ1n) is 9.20. The van der Waals surface area contributed by atoms with Crippen LogP contribution in [0.5, 0.6) is 0 Å². The number of aryl methyl sites for hydroxylation is 1. The maximum Gasteiger partial charge on any atom is 0.259 e. The van der Waals surface area contributed by atoms with Crippen LogP contribution in [0, 0.1) is 0 Å². The van der Waals surface area contributed by atoms with E-state index in [1.54, 1.807) is 11.6 Å². The Morgan fingerprint density at radius 2 is 1.93 bits per heavy atom. The Balaban J connectivity index is 1.53. The van der Waals surface area contributed by atoms with Gasteiger partial charge in [-0.05, 0) is 12.8 Å². The molecule has 1 aliphatic heterocycles. The average molecular weight is 394 g/mol. The molecule has 0 bridgehead atoms. The molecule has 2 N–H and O–H groups in total. The smallest absolute Gasteiger partial charge is 0.259 e. The predicted octanol–water partition coefficient (Wildman–Crippen LogP) is 1.32. The molecular formula is C17H27N7O2S. The molecule has 0 spiro atoms. The van der Waals surface area contributed by atoms with E-state index in [0.29, 0.717) is 12.4 Å². The van der Waals surface area contributed by atoms with Gasteiger partial charge in [0.15, 0.2) is 5.03 Å². The summed E-state index contributed by atoms with van der Waals surface area (Å²) in [7, 11) is -1.83. The van der Waals surface area contributed by atoms with Gasteiger partial charge < -0.3 is 14.8 Å². The molecule has 2 aromatic rings. The Morgan fingerprint density at radius 3 is 2.59 bits per heavy atom. The zero-order valence-electron chi connectivity index (χ0n) is 16.0. The van der Waals surface area contributed by atoms with Gasteiger partial charge in [-0.2, -0.15) is 0 Å². The van der Waals surface area contributed by atoms with Crippen LogP contribution in [0.15, 0.2) is 23.6 Å². The van der Waals surface area contributed by atoms with Crippen LogP contribution >= 0.6 is 0 Å². The van der Waals surface area contributed by atoms with E-state index >= 15 is 0 Å². The van der Waals surface area contributed by atoms with Crippen molar-refractivity contribution in [1.82, 2.24) is 24.2 Å². The molecule has 9 nitrogen and oxygen atoms in total. The number of nitrogens with zero attached hydrogens (tertiary/aromatic N) is 5. The zero-order chi connectivity index (χ0) is 19.4. The molecule has 1 saturated heterocycles. The lowest BCUT2D eigenvalue weighted by molar-refractivity contribution is 0.579. The summed E-state index contributed by atoms with van der Waals surface area (Å²) in [5.41, 5.74) is 0. The van der Waals surface area contributed by atoms with E-state index in [1.165, 1.54) is 25.4 Å². The number of hydrogen-bond donors (Lipinski definition) is 2. The first-order chi connectivity index (χ1) is 12.9. The highest BCUT2D eigenvalue weighted by Crippen LogP contribution is 2.19. The minimum atomic E-state index is -3.63. The molecule has 0 unspecified atom stereocenters. The van der Waals surface area contributed by atoms with E-state index in [-0.39, 0.29) is 17.5 Å². The van der Waals surface area contributed by atoms with Crippen molar-refractivity contribution in [3.63, 3.8) is 0 Å². The average Bonchev–Trinajstić information content (AvgIpc) is 3.29. The summed E-state index contributed by atoms with van der Waals surface area (Å²) in [6.07, 6.45) is 5.43. The number of aromatic nitrogens is 4. The Labute approximate surface area is 160 Å². The summed E-state index contributed by atoms with van der Waals surface area (Å²) in [5, 5.41) is 3.19. The predicted molar refractivity (Wildman–Crippen MR) is 104 cm³/mol. The number of anilines is 2. The van der Waals surface area contributed by atoms with E-state index in [1.807, 2.05) is 19.9 Å². The highest BCUT2D eigenvalue weighted by atomic mass is 32.2. The van der Waals surface area contributed by atoms with Gasteiger partial charge >= 0.3 is 0 Å². The SMILES string of the molecule is CC(C)c1nc(S(=O)(=O)NCCNc2cc(N3CCCC3)ncn2)cn1C. The van der Waals surface area contributed by atoms with Gasteiger partial charge in [-0.15, -0.1) is 0 Å². The van der Waals surface area contributed by atoms with E-state index in [0.717, 1.165) is 24.7 Å². The summed E-state index contributed by atoms with van der Waals surface area (Å²) in [6, 6.07) is 1.90. The second-order valence-corrected chi connectivity index (χ2v) is 8.70. The molecule has 0 aliphatic carbocycles. The zero-order valence-corrected chi connectivity index (χ0v) is 16.8. The van der Waals surface area contributed by atoms with Gasteiger partial charge in [0.1, 0.15) is 23.8 Å². The van der Waals surface area contributed by atoms with Crippen molar-refractivity contribution in [3.05, 3.63) is 24.4 Å². The normalized spacial score (nSPS) is 14.9. The van der Waals surface area contributed by atoms with E-state index in [4.69, 9.17) is 0 Å². The number of nitrogens with one attached hydrogen (secondary N) is 2.